The first-order valence-corrected chi connectivity index (χ1v) is 8.83. The quantitative estimate of drug-likeness (QED) is 0.755. The number of esters is 1. The number of ether oxygens (including phenoxy) is 2. The number of pyridine rings is 1. The summed E-state index contributed by atoms with van der Waals surface area (Å²) in [4.78, 5) is 19.6. The first kappa shape index (κ1) is 17.8. The number of carbonyl (C=O) groups is 1. The number of aromatic nitrogens is 1. The number of methoxy groups -OCH3 is 1. The van der Waals surface area contributed by atoms with E-state index in [4.69, 9.17) is 21.1 Å². The molecule has 6 heteroatoms. The monoisotopic (exact) mass is 362 g/mol. The van der Waals surface area contributed by atoms with Gasteiger partial charge in [0.25, 0.3) is 0 Å². The highest BCUT2D eigenvalue weighted by Crippen LogP contribution is 2.34. The van der Waals surface area contributed by atoms with Crippen molar-refractivity contribution in [3.63, 3.8) is 0 Å². The Morgan fingerprint density at radius 3 is 2.48 bits per heavy atom. The van der Waals surface area contributed by atoms with Crippen LogP contribution in [0.3, 0.4) is 0 Å². The van der Waals surface area contributed by atoms with Gasteiger partial charge in [0.1, 0.15) is 16.9 Å². The first-order valence-electron chi connectivity index (χ1n) is 8.45. The molecule has 0 N–H and O–H groups in total. The van der Waals surface area contributed by atoms with Gasteiger partial charge in [-0.25, -0.2) is 9.78 Å². The van der Waals surface area contributed by atoms with E-state index >= 15 is 0 Å². The highest BCUT2D eigenvalue weighted by atomic mass is 35.5. The third-order valence-corrected chi connectivity index (χ3v) is 4.30. The molecule has 2 heterocycles. The Morgan fingerprint density at radius 1 is 1.20 bits per heavy atom. The van der Waals surface area contributed by atoms with Crippen LogP contribution in [-0.2, 0) is 4.74 Å². The van der Waals surface area contributed by atoms with E-state index in [1.54, 1.807) is 13.2 Å². The molecule has 1 fully saturated rings. The van der Waals surface area contributed by atoms with Gasteiger partial charge in [-0.3, -0.25) is 0 Å². The zero-order chi connectivity index (χ0) is 18.2. The van der Waals surface area contributed by atoms with Gasteiger partial charge in [0.05, 0.1) is 12.8 Å². The van der Waals surface area contributed by atoms with Gasteiger partial charge in [0, 0.05) is 29.6 Å². The largest absolute Gasteiger partial charge is 0.494 e. The average molecular weight is 363 g/mol. The van der Waals surface area contributed by atoms with Crippen LogP contribution >= 0.6 is 11.6 Å². The van der Waals surface area contributed by atoms with Gasteiger partial charge >= 0.3 is 5.97 Å². The van der Waals surface area contributed by atoms with Crippen LogP contribution in [0.5, 0.6) is 5.75 Å². The lowest BCUT2D eigenvalue weighted by Crippen LogP contribution is -2.27. The minimum Gasteiger partial charge on any atom is -0.494 e. The SMILES string of the molecule is COc1cc(Cl)cc2cc(N3CCCC3)c(C(=O)OC(C)(C)C)nc12. The van der Waals surface area contributed by atoms with Crippen molar-refractivity contribution in [3.8, 4) is 5.75 Å². The van der Waals surface area contributed by atoms with Crippen LogP contribution in [0.25, 0.3) is 10.9 Å². The third-order valence-electron chi connectivity index (χ3n) is 4.09. The molecule has 2 aromatic rings. The van der Waals surface area contributed by atoms with Gasteiger partial charge in [-0.15, -0.1) is 0 Å². The molecule has 0 amide bonds. The van der Waals surface area contributed by atoms with Crippen LogP contribution in [0.1, 0.15) is 44.1 Å². The molecule has 1 aliphatic rings. The van der Waals surface area contributed by atoms with E-state index in [1.165, 1.54) is 0 Å². The molecule has 1 aromatic heterocycles. The summed E-state index contributed by atoms with van der Waals surface area (Å²) < 4.78 is 11.0. The molecule has 0 bridgehead atoms. The Hall–Kier alpha value is -2.01. The molecule has 0 aliphatic carbocycles. The van der Waals surface area contributed by atoms with Gasteiger partial charge in [0.15, 0.2) is 5.69 Å². The topological polar surface area (TPSA) is 51.7 Å². The van der Waals surface area contributed by atoms with Crippen LogP contribution in [0.2, 0.25) is 5.02 Å². The Morgan fingerprint density at radius 2 is 1.88 bits per heavy atom. The summed E-state index contributed by atoms with van der Waals surface area (Å²) in [6.07, 6.45) is 2.20. The van der Waals surface area contributed by atoms with E-state index in [0.717, 1.165) is 37.0 Å². The molecule has 3 rings (SSSR count). The standard InChI is InChI=1S/C19H23ClN2O3/c1-19(2,3)25-18(23)17-14(22-7-5-6-8-22)10-12-9-13(20)11-15(24-4)16(12)21-17/h9-11H,5-8H2,1-4H3. The first-order chi connectivity index (χ1) is 11.8. The predicted octanol–water partition coefficient (Wildman–Crippen LogP) is 4.45. The maximum absolute atomic E-state index is 12.8. The van der Waals surface area contributed by atoms with Crippen LogP contribution in [-0.4, -0.2) is 36.8 Å². The lowest BCUT2D eigenvalue weighted by Gasteiger charge is -2.24. The van der Waals surface area contributed by atoms with E-state index in [2.05, 4.69) is 9.88 Å². The van der Waals surface area contributed by atoms with Gasteiger partial charge in [-0.05, 0) is 45.7 Å². The summed E-state index contributed by atoms with van der Waals surface area (Å²) in [5, 5.41) is 1.42. The lowest BCUT2D eigenvalue weighted by atomic mass is 10.1. The second-order valence-electron chi connectivity index (χ2n) is 7.23. The average Bonchev–Trinajstić information content (AvgIpc) is 3.05. The fourth-order valence-electron chi connectivity index (χ4n) is 3.04. The minimum absolute atomic E-state index is 0.324. The van der Waals surface area contributed by atoms with Crippen molar-refractivity contribution >= 4 is 34.2 Å². The molecule has 0 radical (unpaired) electrons. The summed E-state index contributed by atoms with van der Waals surface area (Å²) >= 11 is 6.19. The van der Waals surface area contributed by atoms with E-state index in [9.17, 15) is 4.79 Å². The highest BCUT2D eigenvalue weighted by Gasteiger charge is 2.27. The highest BCUT2D eigenvalue weighted by molar-refractivity contribution is 6.31. The normalized spacial score (nSPS) is 14.8. The molecule has 0 saturated carbocycles. The van der Waals surface area contributed by atoms with Crippen molar-refractivity contribution in [1.29, 1.82) is 0 Å². The number of nitrogens with zero attached hydrogens (tertiary/aromatic N) is 2. The Bertz CT molecular complexity index is 808. The molecule has 1 saturated heterocycles. The fraction of sp³-hybridized carbons (Fsp3) is 0.474. The molecule has 25 heavy (non-hydrogen) atoms. The summed E-state index contributed by atoms with van der Waals surface area (Å²) in [6, 6.07) is 5.50. The summed E-state index contributed by atoms with van der Waals surface area (Å²) in [5.41, 5.74) is 1.14. The third kappa shape index (κ3) is 3.82. The summed E-state index contributed by atoms with van der Waals surface area (Å²) in [5.74, 6) is 0.119. The van der Waals surface area contributed by atoms with Crippen molar-refractivity contribution < 1.29 is 14.3 Å². The molecule has 5 nitrogen and oxygen atoms in total. The van der Waals surface area contributed by atoms with Crippen molar-refractivity contribution in [1.82, 2.24) is 4.98 Å². The zero-order valence-electron chi connectivity index (χ0n) is 15.1. The van der Waals surface area contributed by atoms with Gasteiger partial charge in [-0.1, -0.05) is 11.6 Å². The fourth-order valence-corrected chi connectivity index (χ4v) is 3.26. The second-order valence-corrected chi connectivity index (χ2v) is 7.67. The number of carbonyl (C=O) groups excluding carboxylic acids is 1. The number of benzene rings is 1. The van der Waals surface area contributed by atoms with Crippen LogP contribution < -0.4 is 9.64 Å². The molecule has 1 aliphatic heterocycles. The Balaban J connectivity index is 2.18. The number of halogens is 1. The summed E-state index contributed by atoms with van der Waals surface area (Å²) in [6.45, 7) is 7.35. The van der Waals surface area contributed by atoms with Crippen molar-refractivity contribution in [2.75, 3.05) is 25.1 Å². The number of rotatable bonds is 3. The molecule has 134 valence electrons. The van der Waals surface area contributed by atoms with Gasteiger partial charge in [0.2, 0.25) is 0 Å². The van der Waals surface area contributed by atoms with E-state index in [-0.39, 0.29) is 0 Å². The Kier molecular flexibility index (Phi) is 4.78. The minimum atomic E-state index is -0.583. The van der Waals surface area contributed by atoms with Crippen LogP contribution in [0.4, 0.5) is 5.69 Å². The lowest BCUT2D eigenvalue weighted by molar-refractivity contribution is 0.00641. The maximum atomic E-state index is 12.8. The molecule has 0 spiro atoms. The molecular weight excluding hydrogens is 340 g/mol. The molecule has 1 aromatic carbocycles. The maximum Gasteiger partial charge on any atom is 0.359 e. The number of hydrogen-bond acceptors (Lipinski definition) is 5. The second kappa shape index (κ2) is 6.71. The number of anilines is 1. The number of fused-ring (bicyclic) bond motifs is 1. The van der Waals surface area contributed by atoms with Crippen LogP contribution in [0.15, 0.2) is 18.2 Å². The smallest absolute Gasteiger partial charge is 0.359 e. The van der Waals surface area contributed by atoms with Crippen molar-refractivity contribution in [2.24, 2.45) is 0 Å². The van der Waals surface area contributed by atoms with Crippen LogP contribution in [0, 0.1) is 0 Å². The predicted molar refractivity (Wildman–Crippen MR) is 99.9 cm³/mol. The van der Waals surface area contributed by atoms with E-state index < -0.39 is 11.6 Å². The van der Waals surface area contributed by atoms with E-state index in [1.807, 2.05) is 32.9 Å². The molecule has 0 atom stereocenters. The zero-order valence-corrected chi connectivity index (χ0v) is 15.8. The molecular formula is C19H23ClN2O3. The van der Waals surface area contributed by atoms with E-state index in [0.29, 0.717) is 22.0 Å². The van der Waals surface area contributed by atoms with Gasteiger partial charge < -0.3 is 14.4 Å². The number of hydrogen-bond donors (Lipinski definition) is 0. The molecule has 0 unspecified atom stereocenters. The summed E-state index contributed by atoms with van der Waals surface area (Å²) in [7, 11) is 1.56. The van der Waals surface area contributed by atoms with Crippen molar-refractivity contribution in [2.45, 2.75) is 39.2 Å². The van der Waals surface area contributed by atoms with Gasteiger partial charge in [-0.2, -0.15) is 0 Å². The Labute approximate surface area is 152 Å². The van der Waals surface area contributed by atoms with Crippen molar-refractivity contribution in [3.05, 3.63) is 28.9 Å².